The van der Waals surface area contributed by atoms with Crippen molar-refractivity contribution in [3.63, 3.8) is 0 Å². The molecule has 102 valence electrons. The molecule has 0 saturated carbocycles. The molecule has 0 fully saturated rings. The lowest BCUT2D eigenvalue weighted by atomic mass is 10.3. The van der Waals surface area contributed by atoms with Gasteiger partial charge < -0.3 is 10.1 Å². The summed E-state index contributed by atoms with van der Waals surface area (Å²) in [6.45, 7) is 2.07. The van der Waals surface area contributed by atoms with Gasteiger partial charge in [0.05, 0.1) is 0 Å². The Labute approximate surface area is 124 Å². The zero-order valence-corrected chi connectivity index (χ0v) is 12.8. The molecule has 0 unspecified atom stereocenters. The summed E-state index contributed by atoms with van der Waals surface area (Å²) in [5, 5.41) is 5.35. The SMILES string of the molecule is Fc1ccc(Br)cc1OCCNCCc1cccs1. The molecular weight excluding hydrogens is 329 g/mol. The van der Waals surface area contributed by atoms with Crippen molar-refractivity contribution in [1.82, 2.24) is 5.32 Å². The molecule has 0 spiro atoms. The zero-order chi connectivity index (χ0) is 13.5. The number of hydrogen-bond donors (Lipinski definition) is 1. The average molecular weight is 344 g/mol. The number of benzene rings is 1. The van der Waals surface area contributed by atoms with Crippen LogP contribution in [0.3, 0.4) is 0 Å². The minimum absolute atomic E-state index is 0.287. The van der Waals surface area contributed by atoms with E-state index in [1.54, 1.807) is 23.5 Å². The van der Waals surface area contributed by atoms with E-state index in [0.717, 1.165) is 17.4 Å². The van der Waals surface area contributed by atoms with Gasteiger partial charge in [-0.3, -0.25) is 0 Å². The minimum atomic E-state index is -0.332. The minimum Gasteiger partial charge on any atom is -0.489 e. The molecule has 0 amide bonds. The second kappa shape index (κ2) is 7.62. The van der Waals surface area contributed by atoms with E-state index in [-0.39, 0.29) is 11.6 Å². The van der Waals surface area contributed by atoms with Gasteiger partial charge in [0, 0.05) is 22.4 Å². The lowest BCUT2D eigenvalue weighted by Gasteiger charge is -2.08. The smallest absolute Gasteiger partial charge is 0.165 e. The van der Waals surface area contributed by atoms with Crippen molar-refractivity contribution >= 4 is 27.3 Å². The lowest BCUT2D eigenvalue weighted by Crippen LogP contribution is -2.23. The number of halogens is 2. The van der Waals surface area contributed by atoms with Crippen LogP contribution in [-0.4, -0.2) is 19.7 Å². The molecule has 1 N–H and O–H groups in total. The molecule has 1 aromatic heterocycles. The van der Waals surface area contributed by atoms with Crippen molar-refractivity contribution in [3.05, 3.63) is 50.9 Å². The third kappa shape index (κ3) is 4.93. The van der Waals surface area contributed by atoms with Gasteiger partial charge in [-0.1, -0.05) is 22.0 Å². The van der Waals surface area contributed by atoms with Gasteiger partial charge in [0.15, 0.2) is 11.6 Å². The van der Waals surface area contributed by atoms with Crippen LogP contribution in [0.4, 0.5) is 4.39 Å². The quantitative estimate of drug-likeness (QED) is 0.770. The second-order valence-corrected chi connectivity index (χ2v) is 5.95. The number of hydrogen-bond acceptors (Lipinski definition) is 3. The Morgan fingerprint density at radius 3 is 2.95 bits per heavy atom. The van der Waals surface area contributed by atoms with Crippen molar-refractivity contribution in [2.45, 2.75) is 6.42 Å². The van der Waals surface area contributed by atoms with Crippen LogP contribution in [0.25, 0.3) is 0 Å². The molecule has 0 atom stereocenters. The van der Waals surface area contributed by atoms with E-state index in [9.17, 15) is 4.39 Å². The van der Waals surface area contributed by atoms with E-state index in [2.05, 4.69) is 38.8 Å². The molecule has 0 aliphatic heterocycles. The normalized spacial score (nSPS) is 10.6. The molecule has 1 aromatic carbocycles. The molecule has 2 rings (SSSR count). The monoisotopic (exact) mass is 343 g/mol. The van der Waals surface area contributed by atoms with Crippen molar-refractivity contribution in [1.29, 1.82) is 0 Å². The van der Waals surface area contributed by atoms with E-state index in [4.69, 9.17) is 4.74 Å². The molecule has 2 nitrogen and oxygen atoms in total. The van der Waals surface area contributed by atoms with E-state index in [0.29, 0.717) is 13.2 Å². The first kappa shape index (κ1) is 14.5. The Balaban J connectivity index is 1.62. The summed E-state index contributed by atoms with van der Waals surface area (Å²) >= 11 is 5.05. The van der Waals surface area contributed by atoms with Gasteiger partial charge >= 0.3 is 0 Å². The fourth-order valence-electron chi connectivity index (χ4n) is 1.61. The van der Waals surface area contributed by atoms with Gasteiger partial charge in [-0.2, -0.15) is 0 Å². The van der Waals surface area contributed by atoms with E-state index >= 15 is 0 Å². The third-order valence-electron chi connectivity index (χ3n) is 2.56. The van der Waals surface area contributed by atoms with E-state index in [1.165, 1.54) is 10.9 Å². The first-order chi connectivity index (χ1) is 9.25. The maximum atomic E-state index is 13.4. The maximum absolute atomic E-state index is 13.4. The number of thiophene rings is 1. The Kier molecular flexibility index (Phi) is 5.82. The molecule has 5 heteroatoms. The summed E-state index contributed by atoms with van der Waals surface area (Å²) < 4.78 is 19.6. The molecule has 0 radical (unpaired) electrons. The Morgan fingerprint density at radius 1 is 1.26 bits per heavy atom. The molecule has 0 aliphatic carbocycles. The first-order valence-electron chi connectivity index (χ1n) is 6.06. The van der Waals surface area contributed by atoms with Gasteiger partial charge in [0.1, 0.15) is 6.61 Å². The second-order valence-electron chi connectivity index (χ2n) is 4.00. The Bertz CT molecular complexity index is 504. The summed E-state index contributed by atoms with van der Waals surface area (Å²) in [7, 11) is 0. The number of ether oxygens (including phenoxy) is 1. The Hall–Kier alpha value is -0.910. The highest BCUT2D eigenvalue weighted by molar-refractivity contribution is 9.10. The average Bonchev–Trinajstić information content (AvgIpc) is 2.90. The molecular formula is C14H15BrFNOS. The van der Waals surface area contributed by atoms with Gasteiger partial charge in [-0.25, -0.2) is 4.39 Å². The highest BCUT2D eigenvalue weighted by Crippen LogP contribution is 2.21. The number of nitrogens with one attached hydrogen (secondary N) is 1. The van der Waals surface area contributed by atoms with Crippen molar-refractivity contribution in [2.75, 3.05) is 19.7 Å². The molecule has 2 aromatic rings. The predicted octanol–water partition coefficient (Wildman–Crippen LogP) is 3.86. The maximum Gasteiger partial charge on any atom is 0.165 e. The summed E-state index contributed by atoms with van der Waals surface area (Å²) in [5.74, 6) is -0.0452. The van der Waals surface area contributed by atoms with Gasteiger partial charge in [-0.05, 0) is 36.1 Å². The Morgan fingerprint density at radius 2 is 2.16 bits per heavy atom. The molecule has 0 bridgehead atoms. The van der Waals surface area contributed by atoms with Crippen LogP contribution in [0.1, 0.15) is 4.88 Å². The summed E-state index contributed by atoms with van der Waals surface area (Å²) in [5.41, 5.74) is 0. The van der Waals surface area contributed by atoms with E-state index in [1.807, 2.05) is 0 Å². The van der Waals surface area contributed by atoms with Crippen LogP contribution < -0.4 is 10.1 Å². The standard InChI is InChI=1S/C14H15BrFNOS/c15-11-3-4-13(16)14(10-11)18-8-7-17-6-5-12-2-1-9-19-12/h1-4,9-10,17H,5-8H2. The first-order valence-corrected chi connectivity index (χ1v) is 7.74. The van der Waals surface area contributed by atoms with Crippen LogP contribution in [0, 0.1) is 5.82 Å². The van der Waals surface area contributed by atoms with Gasteiger partial charge in [0.25, 0.3) is 0 Å². The molecule has 0 saturated heterocycles. The summed E-state index contributed by atoms with van der Waals surface area (Å²) in [6.07, 6.45) is 1.02. The van der Waals surface area contributed by atoms with Crippen LogP contribution in [0.15, 0.2) is 40.2 Å². The van der Waals surface area contributed by atoms with Crippen LogP contribution in [0.2, 0.25) is 0 Å². The summed E-state index contributed by atoms with van der Waals surface area (Å²) in [6, 6.07) is 8.87. The summed E-state index contributed by atoms with van der Waals surface area (Å²) in [4.78, 5) is 1.37. The molecule has 1 heterocycles. The van der Waals surface area contributed by atoms with Crippen molar-refractivity contribution < 1.29 is 9.13 Å². The topological polar surface area (TPSA) is 21.3 Å². The van der Waals surface area contributed by atoms with Crippen LogP contribution >= 0.6 is 27.3 Å². The fraction of sp³-hybridized carbons (Fsp3) is 0.286. The van der Waals surface area contributed by atoms with Crippen molar-refractivity contribution in [2.24, 2.45) is 0 Å². The zero-order valence-electron chi connectivity index (χ0n) is 10.4. The highest BCUT2D eigenvalue weighted by Gasteiger charge is 2.03. The molecule has 0 aliphatic rings. The lowest BCUT2D eigenvalue weighted by molar-refractivity contribution is 0.299. The van der Waals surface area contributed by atoms with Crippen molar-refractivity contribution in [3.8, 4) is 5.75 Å². The fourth-order valence-corrected chi connectivity index (χ4v) is 2.66. The highest BCUT2D eigenvalue weighted by atomic mass is 79.9. The van der Waals surface area contributed by atoms with Crippen LogP contribution in [0.5, 0.6) is 5.75 Å². The van der Waals surface area contributed by atoms with Crippen LogP contribution in [-0.2, 0) is 6.42 Å². The predicted molar refractivity (Wildman–Crippen MR) is 80.5 cm³/mol. The van der Waals surface area contributed by atoms with Gasteiger partial charge in [-0.15, -0.1) is 11.3 Å². The van der Waals surface area contributed by atoms with E-state index < -0.39 is 0 Å². The molecule has 19 heavy (non-hydrogen) atoms. The number of rotatable bonds is 7. The van der Waals surface area contributed by atoms with Gasteiger partial charge in [0.2, 0.25) is 0 Å². The largest absolute Gasteiger partial charge is 0.489 e. The third-order valence-corrected chi connectivity index (χ3v) is 3.99.